The van der Waals surface area contributed by atoms with Crippen LogP contribution in [0.4, 0.5) is 5.82 Å². The van der Waals surface area contributed by atoms with E-state index in [1.165, 1.54) is 0 Å². The van der Waals surface area contributed by atoms with Gasteiger partial charge in [-0.3, -0.25) is 5.73 Å². The van der Waals surface area contributed by atoms with E-state index in [0.29, 0.717) is 6.54 Å². The van der Waals surface area contributed by atoms with Crippen LogP contribution in [0.1, 0.15) is 18.9 Å². The lowest BCUT2D eigenvalue weighted by atomic mass is 10.2. The van der Waals surface area contributed by atoms with Gasteiger partial charge in [0, 0.05) is 24.8 Å². The highest BCUT2D eigenvalue weighted by Crippen LogP contribution is 2.09. The predicted molar refractivity (Wildman–Crippen MR) is 49.8 cm³/mol. The molecule has 1 aromatic rings. The quantitative estimate of drug-likeness (QED) is 0.736. The van der Waals surface area contributed by atoms with Crippen LogP contribution < -0.4 is 11.1 Å². The van der Waals surface area contributed by atoms with Gasteiger partial charge in [-0.15, -0.1) is 0 Å². The molecular formula is C9H14N3. The summed E-state index contributed by atoms with van der Waals surface area (Å²) in [6, 6.07) is 3.79. The van der Waals surface area contributed by atoms with Gasteiger partial charge >= 0.3 is 0 Å². The van der Waals surface area contributed by atoms with E-state index in [9.17, 15) is 0 Å². The normalized spacial score (nSPS) is 9.83. The van der Waals surface area contributed by atoms with Gasteiger partial charge in [0.15, 0.2) is 0 Å². The van der Waals surface area contributed by atoms with Crippen molar-refractivity contribution >= 4 is 5.82 Å². The Balaban J connectivity index is 2.68. The number of nitrogens with zero attached hydrogens (tertiary/aromatic N) is 1. The molecule has 12 heavy (non-hydrogen) atoms. The molecule has 0 aliphatic carbocycles. The summed E-state index contributed by atoms with van der Waals surface area (Å²) >= 11 is 0. The van der Waals surface area contributed by atoms with Crippen LogP contribution in [0.15, 0.2) is 18.3 Å². The van der Waals surface area contributed by atoms with Crippen molar-refractivity contribution < 1.29 is 0 Å². The van der Waals surface area contributed by atoms with Gasteiger partial charge in [0.05, 0.1) is 0 Å². The molecule has 0 unspecified atom stereocenters. The second-order valence-electron chi connectivity index (χ2n) is 2.61. The highest BCUT2D eigenvalue weighted by atomic mass is 15.0. The summed E-state index contributed by atoms with van der Waals surface area (Å²) in [5.74, 6) is 0.856. The van der Waals surface area contributed by atoms with E-state index in [-0.39, 0.29) is 0 Å². The predicted octanol–water partition coefficient (Wildman–Crippen LogP) is 1.69. The smallest absolute Gasteiger partial charge is 0.130 e. The summed E-state index contributed by atoms with van der Waals surface area (Å²) in [5.41, 5.74) is 8.20. The van der Waals surface area contributed by atoms with Gasteiger partial charge in [-0.1, -0.05) is 13.0 Å². The Bertz CT molecular complexity index is 235. The van der Waals surface area contributed by atoms with Crippen LogP contribution in [0.3, 0.4) is 0 Å². The monoisotopic (exact) mass is 164 g/mol. The largest absolute Gasteiger partial charge is 0.370 e. The topological polar surface area (TPSA) is 48.7 Å². The fourth-order valence-corrected chi connectivity index (χ4v) is 0.984. The van der Waals surface area contributed by atoms with Crippen LogP contribution >= 0.6 is 0 Å². The molecule has 65 valence electrons. The van der Waals surface area contributed by atoms with Crippen LogP contribution in [0.2, 0.25) is 0 Å². The highest BCUT2D eigenvalue weighted by molar-refractivity contribution is 5.43. The highest BCUT2D eigenvalue weighted by Gasteiger charge is 1.98. The molecule has 3 nitrogen and oxygen atoms in total. The van der Waals surface area contributed by atoms with Crippen molar-refractivity contribution in [3.8, 4) is 0 Å². The Morgan fingerprint density at radius 2 is 2.42 bits per heavy atom. The minimum absolute atomic E-state index is 0.292. The van der Waals surface area contributed by atoms with Gasteiger partial charge < -0.3 is 5.32 Å². The molecule has 1 rings (SSSR count). The first-order valence-electron chi connectivity index (χ1n) is 4.20. The second-order valence-corrected chi connectivity index (χ2v) is 2.61. The van der Waals surface area contributed by atoms with Crippen molar-refractivity contribution in [2.45, 2.75) is 19.9 Å². The molecule has 0 aliphatic heterocycles. The number of nitrogens with one attached hydrogen (secondary N) is 2. The first-order valence-corrected chi connectivity index (χ1v) is 4.20. The van der Waals surface area contributed by atoms with Crippen molar-refractivity contribution in [3.05, 3.63) is 23.9 Å². The lowest BCUT2D eigenvalue weighted by Crippen LogP contribution is -2.05. The van der Waals surface area contributed by atoms with Crippen LogP contribution in [-0.2, 0) is 6.54 Å². The number of rotatable bonds is 4. The van der Waals surface area contributed by atoms with Crippen molar-refractivity contribution in [2.75, 3.05) is 11.9 Å². The molecule has 0 bridgehead atoms. The zero-order chi connectivity index (χ0) is 8.81. The van der Waals surface area contributed by atoms with Gasteiger partial charge in [-0.05, 0) is 12.5 Å². The molecule has 0 atom stereocenters. The van der Waals surface area contributed by atoms with Gasteiger partial charge in [0.2, 0.25) is 0 Å². The molecule has 0 fully saturated rings. The number of hydrogen-bond donors (Lipinski definition) is 1. The molecule has 1 heterocycles. The third-order valence-electron chi connectivity index (χ3n) is 1.62. The van der Waals surface area contributed by atoms with Crippen LogP contribution in [-0.4, -0.2) is 11.5 Å². The van der Waals surface area contributed by atoms with Crippen molar-refractivity contribution in [1.82, 2.24) is 10.7 Å². The maximum atomic E-state index is 7.24. The number of anilines is 1. The summed E-state index contributed by atoms with van der Waals surface area (Å²) in [7, 11) is 0. The molecule has 1 radical (unpaired) electrons. The zero-order valence-electron chi connectivity index (χ0n) is 7.30. The molecule has 0 aromatic carbocycles. The Morgan fingerprint density at radius 1 is 1.58 bits per heavy atom. The molecule has 0 spiro atoms. The SMILES string of the molecule is CCCNc1ncccc1C[NH]. The van der Waals surface area contributed by atoms with Crippen LogP contribution in [0.25, 0.3) is 0 Å². The summed E-state index contributed by atoms with van der Waals surface area (Å²) < 4.78 is 0. The average Bonchev–Trinajstić information content (AvgIpc) is 2.15. The molecule has 0 amide bonds. The fraction of sp³-hybridized carbons (Fsp3) is 0.444. The summed E-state index contributed by atoms with van der Waals surface area (Å²) in [6.45, 7) is 3.32. The van der Waals surface area contributed by atoms with E-state index in [1.807, 2.05) is 12.1 Å². The van der Waals surface area contributed by atoms with Gasteiger partial charge in [-0.2, -0.15) is 0 Å². The van der Waals surface area contributed by atoms with E-state index in [1.54, 1.807) is 6.20 Å². The molecular weight excluding hydrogens is 150 g/mol. The van der Waals surface area contributed by atoms with Crippen molar-refractivity contribution in [3.63, 3.8) is 0 Å². The first kappa shape index (κ1) is 9.00. The van der Waals surface area contributed by atoms with E-state index in [2.05, 4.69) is 17.2 Å². The third-order valence-corrected chi connectivity index (χ3v) is 1.62. The molecule has 0 saturated heterocycles. The van der Waals surface area contributed by atoms with E-state index < -0.39 is 0 Å². The van der Waals surface area contributed by atoms with E-state index in [0.717, 1.165) is 24.3 Å². The van der Waals surface area contributed by atoms with Gasteiger partial charge in [0.1, 0.15) is 5.82 Å². The maximum Gasteiger partial charge on any atom is 0.130 e. The lowest BCUT2D eigenvalue weighted by molar-refractivity contribution is 0.946. The first-order chi connectivity index (χ1) is 5.88. The molecule has 2 N–H and O–H groups in total. The second kappa shape index (κ2) is 4.72. The summed E-state index contributed by atoms with van der Waals surface area (Å²) in [6.07, 6.45) is 2.82. The van der Waals surface area contributed by atoms with E-state index >= 15 is 0 Å². The summed E-state index contributed by atoms with van der Waals surface area (Å²) in [5, 5.41) is 3.18. The minimum Gasteiger partial charge on any atom is -0.370 e. The van der Waals surface area contributed by atoms with E-state index in [4.69, 9.17) is 5.73 Å². The Morgan fingerprint density at radius 3 is 3.08 bits per heavy atom. The van der Waals surface area contributed by atoms with Crippen LogP contribution in [0.5, 0.6) is 0 Å². The maximum absolute atomic E-state index is 7.24. The average molecular weight is 164 g/mol. The minimum atomic E-state index is 0.292. The fourth-order valence-electron chi connectivity index (χ4n) is 0.984. The number of hydrogen-bond acceptors (Lipinski definition) is 2. The lowest BCUT2D eigenvalue weighted by Gasteiger charge is -2.06. The Kier molecular flexibility index (Phi) is 3.54. The van der Waals surface area contributed by atoms with Crippen molar-refractivity contribution in [1.29, 1.82) is 0 Å². The van der Waals surface area contributed by atoms with Gasteiger partial charge in [-0.25, -0.2) is 4.98 Å². The van der Waals surface area contributed by atoms with Crippen molar-refractivity contribution in [2.24, 2.45) is 0 Å². The molecule has 1 aromatic heterocycles. The number of pyridine rings is 1. The Hall–Kier alpha value is -1.09. The standard InChI is InChI=1S/C9H14N3/c1-2-5-11-9-8(7-10)4-3-6-12-9/h3-4,6,10H,2,5,7H2,1H3,(H,11,12). The van der Waals surface area contributed by atoms with Crippen LogP contribution in [0, 0.1) is 0 Å². The third kappa shape index (κ3) is 2.20. The molecule has 3 heteroatoms. The Labute approximate surface area is 73.0 Å². The molecule has 0 saturated carbocycles. The summed E-state index contributed by atoms with van der Waals surface area (Å²) in [4.78, 5) is 4.16. The molecule has 0 aliphatic rings. The number of aromatic nitrogens is 1. The van der Waals surface area contributed by atoms with Gasteiger partial charge in [0.25, 0.3) is 0 Å². The zero-order valence-corrected chi connectivity index (χ0v) is 7.30.